The molecule has 4 nitrogen and oxygen atoms in total. The van der Waals surface area contributed by atoms with Crippen molar-refractivity contribution in [2.75, 3.05) is 10.2 Å². The van der Waals surface area contributed by atoms with Gasteiger partial charge in [-0.05, 0) is 48.9 Å². The first-order valence-electron chi connectivity index (χ1n) is 9.03. The van der Waals surface area contributed by atoms with Gasteiger partial charge in [-0.1, -0.05) is 29.8 Å². The minimum Gasteiger partial charge on any atom is -0.350 e. The van der Waals surface area contributed by atoms with Gasteiger partial charge in [0.05, 0.1) is 11.3 Å². The Morgan fingerprint density at radius 3 is 2.07 bits per heavy atom. The van der Waals surface area contributed by atoms with E-state index in [1.807, 2.05) is 6.92 Å². The van der Waals surface area contributed by atoms with Crippen molar-refractivity contribution in [3.63, 3.8) is 0 Å². The Balaban J connectivity index is 1.84. The lowest BCUT2D eigenvalue weighted by Gasteiger charge is -2.16. The highest BCUT2D eigenvalue weighted by Gasteiger charge is 2.41. The van der Waals surface area contributed by atoms with Crippen molar-refractivity contribution in [1.82, 2.24) is 0 Å². The average molecular weight is 408 g/mol. The lowest BCUT2D eigenvalue weighted by molar-refractivity contribution is -0.120. The van der Waals surface area contributed by atoms with Gasteiger partial charge in [0.2, 0.25) is 0 Å². The number of hydrogen-bond acceptors (Lipinski definition) is 3. The van der Waals surface area contributed by atoms with E-state index in [0.29, 0.717) is 16.2 Å². The molecule has 0 atom stereocenters. The normalized spacial score (nSPS) is 13.9. The van der Waals surface area contributed by atoms with Gasteiger partial charge in [-0.2, -0.15) is 0 Å². The maximum atomic E-state index is 14.4. The van der Waals surface area contributed by atoms with Crippen LogP contribution in [-0.2, 0) is 9.59 Å². The van der Waals surface area contributed by atoms with E-state index in [0.717, 1.165) is 23.8 Å². The standard InChI is InChI=1S/C23H15F3N2O2/c1-13-2-4-14(5-3-13)20-21(27-17-9-6-15(24)7-10-17)23(30)28(22(20)29)19-12-16(25)8-11-18(19)26/h2-12,27H,1H3. The highest BCUT2D eigenvalue weighted by molar-refractivity contribution is 6.46. The summed E-state index contributed by atoms with van der Waals surface area (Å²) >= 11 is 0. The Kier molecular flexibility index (Phi) is 4.87. The molecule has 0 radical (unpaired) electrons. The molecule has 0 unspecified atom stereocenters. The Bertz CT molecular complexity index is 1190. The summed E-state index contributed by atoms with van der Waals surface area (Å²) in [7, 11) is 0. The summed E-state index contributed by atoms with van der Waals surface area (Å²) in [5, 5.41) is 2.83. The van der Waals surface area contributed by atoms with Crippen LogP contribution in [0.25, 0.3) is 5.57 Å². The number of aryl methyl sites for hydroxylation is 1. The number of hydrogen-bond donors (Lipinski definition) is 1. The molecule has 0 saturated heterocycles. The van der Waals surface area contributed by atoms with Crippen LogP contribution in [0.15, 0.2) is 72.4 Å². The van der Waals surface area contributed by atoms with Crippen LogP contribution in [0.4, 0.5) is 24.5 Å². The number of rotatable bonds is 4. The highest BCUT2D eigenvalue weighted by Crippen LogP contribution is 2.35. The molecule has 0 saturated carbocycles. The number of carbonyl (C=O) groups excluding carboxylic acids is 2. The molecule has 0 aliphatic carbocycles. The first kappa shape index (κ1) is 19.4. The molecule has 3 aromatic rings. The Morgan fingerprint density at radius 1 is 0.767 bits per heavy atom. The third-order valence-electron chi connectivity index (χ3n) is 4.69. The molecule has 30 heavy (non-hydrogen) atoms. The second-order valence-corrected chi connectivity index (χ2v) is 6.79. The summed E-state index contributed by atoms with van der Waals surface area (Å²) in [4.78, 5) is 26.9. The Hall–Kier alpha value is -3.87. The summed E-state index contributed by atoms with van der Waals surface area (Å²) < 4.78 is 41.3. The molecule has 1 heterocycles. The first-order valence-corrected chi connectivity index (χ1v) is 9.03. The third-order valence-corrected chi connectivity index (χ3v) is 4.69. The van der Waals surface area contributed by atoms with Crippen molar-refractivity contribution < 1.29 is 22.8 Å². The largest absolute Gasteiger partial charge is 0.350 e. The van der Waals surface area contributed by atoms with Crippen LogP contribution in [0.3, 0.4) is 0 Å². The fourth-order valence-corrected chi connectivity index (χ4v) is 3.19. The second kappa shape index (κ2) is 7.51. The van der Waals surface area contributed by atoms with Gasteiger partial charge in [0, 0.05) is 11.8 Å². The van der Waals surface area contributed by atoms with Crippen LogP contribution in [0.1, 0.15) is 11.1 Å². The number of nitrogens with one attached hydrogen (secondary N) is 1. The zero-order valence-corrected chi connectivity index (χ0v) is 15.7. The van der Waals surface area contributed by atoms with Gasteiger partial charge < -0.3 is 5.32 Å². The molecular weight excluding hydrogens is 393 g/mol. The molecule has 2 amide bonds. The van der Waals surface area contributed by atoms with Crippen molar-refractivity contribution in [2.24, 2.45) is 0 Å². The molecule has 0 spiro atoms. The number of imide groups is 1. The molecule has 150 valence electrons. The lowest BCUT2D eigenvalue weighted by Crippen LogP contribution is -2.33. The van der Waals surface area contributed by atoms with Gasteiger partial charge in [0.1, 0.15) is 23.1 Å². The van der Waals surface area contributed by atoms with E-state index in [-0.39, 0.29) is 11.3 Å². The summed E-state index contributed by atoms with van der Waals surface area (Å²) in [6.07, 6.45) is 0. The molecule has 1 N–H and O–H groups in total. The van der Waals surface area contributed by atoms with Crippen molar-refractivity contribution in [3.8, 4) is 0 Å². The number of anilines is 2. The number of carbonyl (C=O) groups is 2. The average Bonchev–Trinajstić information content (AvgIpc) is 2.96. The van der Waals surface area contributed by atoms with Gasteiger partial charge in [0.25, 0.3) is 11.8 Å². The number of amides is 2. The maximum Gasteiger partial charge on any atom is 0.282 e. The predicted molar refractivity (Wildman–Crippen MR) is 107 cm³/mol. The van der Waals surface area contributed by atoms with E-state index in [4.69, 9.17) is 0 Å². The number of nitrogens with zero attached hydrogens (tertiary/aromatic N) is 1. The number of halogens is 3. The predicted octanol–water partition coefficient (Wildman–Crippen LogP) is 4.81. The van der Waals surface area contributed by atoms with Crippen molar-refractivity contribution in [1.29, 1.82) is 0 Å². The third kappa shape index (κ3) is 3.45. The van der Waals surface area contributed by atoms with Crippen molar-refractivity contribution >= 4 is 28.8 Å². The van der Waals surface area contributed by atoms with Gasteiger partial charge >= 0.3 is 0 Å². The quantitative estimate of drug-likeness (QED) is 0.631. The van der Waals surface area contributed by atoms with E-state index >= 15 is 0 Å². The van der Waals surface area contributed by atoms with E-state index in [1.165, 1.54) is 24.3 Å². The summed E-state index contributed by atoms with van der Waals surface area (Å²) in [6, 6.07) is 14.6. The topological polar surface area (TPSA) is 49.4 Å². The smallest absolute Gasteiger partial charge is 0.282 e. The molecule has 0 bridgehead atoms. The molecule has 1 aliphatic rings. The van der Waals surface area contributed by atoms with Gasteiger partial charge in [-0.3, -0.25) is 9.59 Å². The van der Waals surface area contributed by atoms with Gasteiger partial charge in [0.15, 0.2) is 0 Å². The highest BCUT2D eigenvalue weighted by atomic mass is 19.1. The fourth-order valence-electron chi connectivity index (χ4n) is 3.19. The zero-order valence-electron chi connectivity index (χ0n) is 15.7. The molecule has 1 aliphatic heterocycles. The van der Waals surface area contributed by atoms with E-state index in [9.17, 15) is 22.8 Å². The SMILES string of the molecule is Cc1ccc(C2=C(Nc3ccc(F)cc3)C(=O)N(c3cc(F)ccc3F)C2=O)cc1. The lowest BCUT2D eigenvalue weighted by atomic mass is 10.0. The van der Waals surface area contributed by atoms with Crippen LogP contribution < -0.4 is 10.2 Å². The molecular formula is C23H15F3N2O2. The van der Waals surface area contributed by atoms with Gasteiger partial charge in [-0.15, -0.1) is 0 Å². The zero-order chi connectivity index (χ0) is 21.4. The maximum absolute atomic E-state index is 14.4. The molecule has 4 rings (SSSR count). The molecule has 7 heteroatoms. The summed E-state index contributed by atoms with van der Waals surface area (Å²) in [6.45, 7) is 1.87. The second-order valence-electron chi connectivity index (χ2n) is 6.79. The van der Waals surface area contributed by atoms with Gasteiger partial charge in [-0.25, -0.2) is 18.1 Å². The van der Waals surface area contributed by atoms with Crippen LogP contribution >= 0.6 is 0 Å². The number of benzene rings is 3. The summed E-state index contributed by atoms with van der Waals surface area (Å²) in [5.74, 6) is -3.80. The van der Waals surface area contributed by atoms with Crippen molar-refractivity contribution in [3.05, 3.63) is 101 Å². The monoisotopic (exact) mass is 408 g/mol. The molecule has 0 aromatic heterocycles. The molecule has 0 fully saturated rings. The summed E-state index contributed by atoms with van der Waals surface area (Å²) in [5.41, 5.74) is 1.15. The van der Waals surface area contributed by atoms with Crippen LogP contribution in [0.2, 0.25) is 0 Å². The van der Waals surface area contributed by atoms with Crippen molar-refractivity contribution in [2.45, 2.75) is 6.92 Å². The van der Waals surface area contributed by atoms with Crippen LogP contribution in [0, 0.1) is 24.4 Å². The minimum absolute atomic E-state index is 0.00739. The molecule has 3 aromatic carbocycles. The van der Waals surface area contributed by atoms with Crippen LogP contribution in [-0.4, -0.2) is 11.8 Å². The van der Waals surface area contributed by atoms with E-state index in [1.54, 1.807) is 24.3 Å². The fraction of sp³-hybridized carbons (Fsp3) is 0.0435. The van der Waals surface area contributed by atoms with Crippen LogP contribution in [0.5, 0.6) is 0 Å². The van der Waals surface area contributed by atoms with E-state index in [2.05, 4.69) is 5.32 Å². The Morgan fingerprint density at radius 2 is 1.40 bits per heavy atom. The Labute approximate surface area is 170 Å². The minimum atomic E-state index is -0.913. The van der Waals surface area contributed by atoms with E-state index < -0.39 is 35.0 Å². The first-order chi connectivity index (χ1) is 14.3.